The summed E-state index contributed by atoms with van der Waals surface area (Å²) in [4.78, 5) is 22.9. The molecule has 0 saturated heterocycles. The molecule has 1 atom stereocenters. The molecule has 0 radical (unpaired) electrons. The Morgan fingerprint density at radius 3 is 2.76 bits per heavy atom. The Balaban J connectivity index is 2.49. The lowest BCUT2D eigenvalue weighted by Gasteiger charge is -2.14. The van der Waals surface area contributed by atoms with Gasteiger partial charge in [-0.2, -0.15) is 0 Å². The first kappa shape index (κ1) is 17.5. The first-order valence-corrected chi connectivity index (χ1v) is 7.98. The lowest BCUT2D eigenvalue weighted by atomic mass is 10.1. The van der Waals surface area contributed by atoms with Crippen LogP contribution in [0, 0.1) is 0 Å². The van der Waals surface area contributed by atoms with Crippen LogP contribution in [0.2, 0.25) is 0 Å². The van der Waals surface area contributed by atoms with Crippen molar-refractivity contribution in [3.05, 3.63) is 6.33 Å². The van der Waals surface area contributed by atoms with E-state index in [2.05, 4.69) is 15.5 Å². The zero-order valence-electron chi connectivity index (χ0n) is 12.6. The molecule has 0 bridgehead atoms. The van der Waals surface area contributed by atoms with Gasteiger partial charge >= 0.3 is 5.97 Å². The number of unbranched alkanes of at least 4 members (excludes halogenated alkanes) is 1. The molecular weight excluding hydrogens is 292 g/mol. The third kappa shape index (κ3) is 5.74. The highest BCUT2D eigenvalue weighted by Gasteiger charge is 2.19. The Kier molecular flexibility index (Phi) is 7.21. The first-order valence-electron chi connectivity index (χ1n) is 7.00. The minimum absolute atomic E-state index is 0.126. The topological polar surface area (TPSA) is 97.1 Å². The molecule has 0 spiro atoms. The molecule has 1 unspecified atom stereocenters. The molecule has 7 nitrogen and oxygen atoms in total. The second-order valence-corrected chi connectivity index (χ2v) is 5.95. The number of carbonyl (C=O) groups is 2. The fourth-order valence-corrected chi connectivity index (χ4v) is 2.58. The molecule has 1 heterocycles. The highest BCUT2D eigenvalue weighted by Crippen LogP contribution is 2.18. The van der Waals surface area contributed by atoms with Crippen LogP contribution in [0.3, 0.4) is 0 Å². The molecular formula is C13H22N4O3S. The summed E-state index contributed by atoms with van der Waals surface area (Å²) in [5.74, 6) is -1.17. The van der Waals surface area contributed by atoms with E-state index < -0.39 is 12.0 Å². The molecule has 1 rings (SSSR count). The maximum atomic E-state index is 11.8. The average Bonchev–Trinajstić information content (AvgIpc) is 2.89. The van der Waals surface area contributed by atoms with Gasteiger partial charge in [-0.25, -0.2) is 4.79 Å². The summed E-state index contributed by atoms with van der Waals surface area (Å²) >= 11 is 1.25. The van der Waals surface area contributed by atoms with Crippen LogP contribution in [-0.4, -0.2) is 43.5 Å². The number of nitrogens with one attached hydrogen (secondary N) is 1. The van der Waals surface area contributed by atoms with Crippen LogP contribution >= 0.6 is 11.8 Å². The third-order valence-electron chi connectivity index (χ3n) is 2.91. The SMILES string of the molecule is CCCCC(NC(=O)CSc1nncn1C(C)C)C(=O)O. The smallest absolute Gasteiger partial charge is 0.326 e. The fourth-order valence-electron chi connectivity index (χ4n) is 1.72. The number of hydrogen-bond acceptors (Lipinski definition) is 5. The molecule has 1 amide bonds. The number of aliphatic carboxylic acids is 1. The number of nitrogens with zero attached hydrogens (tertiary/aromatic N) is 3. The zero-order chi connectivity index (χ0) is 15.8. The van der Waals surface area contributed by atoms with E-state index in [0.29, 0.717) is 11.6 Å². The van der Waals surface area contributed by atoms with E-state index in [-0.39, 0.29) is 17.7 Å². The van der Waals surface area contributed by atoms with Gasteiger partial charge in [0, 0.05) is 6.04 Å². The Bertz CT molecular complexity index is 476. The van der Waals surface area contributed by atoms with E-state index in [1.807, 2.05) is 25.3 Å². The summed E-state index contributed by atoms with van der Waals surface area (Å²) in [5, 5.41) is 20.0. The van der Waals surface area contributed by atoms with Gasteiger partial charge in [-0.15, -0.1) is 10.2 Å². The van der Waals surface area contributed by atoms with Crippen molar-refractivity contribution >= 4 is 23.6 Å². The second kappa shape index (κ2) is 8.66. The van der Waals surface area contributed by atoms with Gasteiger partial charge in [-0.1, -0.05) is 31.5 Å². The lowest BCUT2D eigenvalue weighted by molar-refractivity contribution is -0.141. The first-order chi connectivity index (χ1) is 9.95. The number of aromatic nitrogens is 3. The number of hydrogen-bond donors (Lipinski definition) is 2. The van der Waals surface area contributed by atoms with E-state index in [4.69, 9.17) is 5.11 Å². The summed E-state index contributed by atoms with van der Waals surface area (Å²) in [6.45, 7) is 5.98. The van der Waals surface area contributed by atoms with Crippen molar-refractivity contribution < 1.29 is 14.7 Å². The third-order valence-corrected chi connectivity index (χ3v) is 3.87. The number of carboxylic acid groups (broad SMARTS) is 1. The van der Waals surface area contributed by atoms with Crippen LogP contribution in [0.5, 0.6) is 0 Å². The average molecular weight is 314 g/mol. The normalized spacial score (nSPS) is 12.4. The number of thioether (sulfide) groups is 1. The minimum atomic E-state index is -0.993. The highest BCUT2D eigenvalue weighted by atomic mass is 32.2. The van der Waals surface area contributed by atoms with Crippen LogP contribution in [0.25, 0.3) is 0 Å². The van der Waals surface area contributed by atoms with Gasteiger partial charge in [-0.3, -0.25) is 4.79 Å². The molecule has 0 aliphatic heterocycles. The summed E-state index contributed by atoms with van der Waals surface area (Å²) in [6, 6.07) is -0.608. The molecule has 0 fully saturated rings. The van der Waals surface area contributed by atoms with Crippen LogP contribution in [0.4, 0.5) is 0 Å². The van der Waals surface area contributed by atoms with Gasteiger partial charge in [-0.05, 0) is 20.3 Å². The molecule has 0 aliphatic rings. The van der Waals surface area contributed by atoms with Crippen LogP contribution in [0.1, 0.15) is 46.1 Å². The summed E-state index contributed by atoms with van der Waals surface area (Å²) in [7, 11) is 0. The summed E-state index contributed by atoms with van der Waals surface area (Å²) in [5.41, 5.74) is 0. The molecule has 8 heteroatoms. The predicted octanol–water partition coefficient (Wildman–Crippen LogP) is 1.71. The second-order valence-electron chi connectivity index (χ2n) is 5.00. The maximum absolute atomic E-state index is 11.8. The Labute approximate surface area is 128 Å². The van der Waals surface area contributed by atoms with E-state index in [9.17, 15) is 9.59 Å². The standard InChI is InChI=1S/C13H22N4O3S/c1-4-5-6-10(12(19)20)15-11(18)7-21-13-16-14-8-17(13)9(2)3/h8-10H,4-7H2,1-3H3,(H,15,18)(H,19,20). The van der Waals surface area contributed by atoms with Crippen molar-refractivity contribution in [3.63, 3.8) is 0 Å². The van der Waals surface area contributed by atoms with Gasteiger partial charge in [0.05, 0.1) is 5.75 Å². The molecule has 0 aliphatic carbocycles. The van der Waals surface area contributed by atoms with Crippen molar-refractivity contribution in [2.24, 2.45) is 0 Å². The van der Waals surface area contributed by atoms with Gasteiger partial charge in [0.25, 0.3) is 0 Å². The molecule has 118 valence electrons. The fraction of sp³-hybridized carbons (Fsp3) is 0.692. The number of carbonyl (C=O) groups excluding carboxylic acids is 1. The lowest BCUT2D eigenvalue weighted by Crippen LogP contribution is -2.41. The number of carboxylic acids is 1. The van der Waals surface area contributed by atoms with Crippen molar-refractivity contribution in [1.29, 1.82) is 0 Å². The van der Waals surface area contributed by atoms with Gasteiger partial charge in [0.1, 0.15) is 12.4 Å². The van der Waals surface area contributed by atoms with Crippen LogP contribution < -0.4 is 5.32 Å². The number of rotatable bonds is 9. The molecule has 2 N–H and O–H groups in total. The van der Waals surface area contributed by atoms with Crippen molar-refractivity contribution in [3.8, 4) is 0 Å². The number of amides is 1. The molecule has 1 aromatic heterocycles. The predicted molar refractivity (Wildman–Crippen MR) is 80.2 cm³/mol. The highest BCUT2D eigenvalue weighted by molar-refractivity contribution is 7.99. The maximum Gasteiger partial charge on any atom is 0.326 e. The Morgan fingerprint density at radius 1 is 1.48 bits per heavy atom. The summed E-state index contributed by atoms with van der Waals surface area (Å²) < 4.78 is 1.86. The van der Waals surface area contributed by atoms with Crippen LogP contribution in [0.15, 0.2) is 11.5 Å². The van der Waals surface area contributed by atoms with Crippen molar-refractivity contribution in [2.45, 2.75) is 57.3 Å². The molecule has 0 saturated carbocycles. The largest absolute Gasteiger partial charge is 0.480 e. The van der Waals surface area contributed by atoms with Crippen molar-refractivity contribution in [1.82, 2.24) is 20.1 Å². The van der Waals surface area contributed by atoms with E-state index >= 15 is 0 Å². The Hall–Kier alpha value is -1.57. The van der Waals surface area contributed by atoms with Gasteiger partial charge in [0.2, 0.25) is 5.91 Å². The van der Waals surface area contributed by atoms with Crippen LogP contribution in [-0.2, 0) is 9.59 Å². The van der Waals surface area contributed by atoms with Gasteiger partial charge in [0.15, 0.2) is 5.16 Å². The van der Waals surface area contributed by atoms with E-state index in [1.165, 1.54) is 11.8 Å². The van der Waals surface area contributed by atoms with E-state index in [0.717, 1.165) is 12.8 Å². The summed E-state index contributed by atoms with van der Waals surface area (Å²) in [6.07, 6.45) is 3.73. The molecule has 21 heavy (non-hydrogen) atoms. The molecule has 1 aromatic rings. The van der Waals surface area contributed by atoms with Crippen molar-refractivity contribution in [2.75, 3.05) is 5.75 Å². The quantitative estimate of drug-likeness (QED) is 0.674. The molecule has 0 aromatic carbocycles. The van der Waals surface area contributed by atoms with E-state index in [1.54, 1.807) is 6.33 Å². The monoisotopic (exact) mass is 314 g/mol. The zero-order valence-corrected chi connectivity index (χ0v) is 13.4. The van der Waals surface area contributed by atoms with Gasteiger partial charge < -0.3 is 15.0 Å². The Morgan fingerprint density at radius 2 is 2.19 bits per heavy atom. The minimum Gasteiger partial charge on any atom is -0.480 e.